The van der Waals surface area contributed by atoms with Crippen LogP contribution in [-0.4, -0.2) is 27.6 Å². The zero-order chi connectivity index (χ0) is 14.5. The summed E-state index contributed by atoms with van der Waals surface area (Å²) in [5, 5.41) is 9.46. The van der Waals surface area contributed by atoms with Crippen molar-refractivity contribution in [3.05, 3.63) is 52.9 Å². The molecule has 0 saturated heterocycles. The van der Waals surface area contributed by atoms with Crippen molar-refractivity contribution in [1.82, 2.24) is 9.97 Å². The average Bonchev–Trinajstić information content (AvgIpc) is 2.41. The van der Waals surface area contributed by atoms with E-state index in [1.54, 1.807) is 23.4 Å². The topological polar surface area (TPSA) is 66.3 Å². The van der Waals surface area contributed by atoms with E-state index in [9.17, 15) is 4.79 Å². The maximum absolute atomic E-state index is 11.0. The first-order chi connectivity index (χ1) is 9.56. The summed E-state index contributed by atoms with van der Waals surface area (Å²) >= 11 is 5.74. The van der Waals surface area contributed by atoms with Crippen molar-refractivity contribution in [3.63, 3.8) is 0 Å². The van der Waals surface area contributed by atoms with Crippen LogP contribution in [0.4, 0.5) is 5.82 Å². The highest BCUT2D eigenvalue weighted by molar-refractivity contribution is 6.29. The Bertz CT molecular complexity index is 602. The maximum Gasteiger partial charge on any atom is 0.323 e. The number of carbonyl (C=O) groups is 1. The number of hydrogen-bond acceptors (Lipinski definition) is 4. The molecule has 0 fully saturated rings. The fourth-order valence-corrected chi connectivity index (χ4v) is 2.01. The SMILES string of the molecule is Cc1cccnc1N(CC(=O)O)Cc1ccc(Cl)nc1. The highest BCUT2D eigenvalue weighted by Crippen LogP contribution is 2.18. The third kappa shape index (κ3) is 3.68. The van der Waals surface area contributed by atoms with E-state index < -0.39 is 5.97 Å². The van der Waals surface area contributed by atoms with E-state index in [1.165, 1.54) is 0 Å². The van der Waals surface area contributed by atoms with E-state index >= 15 is 0 Å². The van der Waals surface area contributed by atoms with Crippen molar-refractivity contribution in [2.45, 2.75) is 13.5 Å². The summed E-state index contributed by atoms with van der Waals surface area (Å²) in [4.78, 5) is 21.0. The fraction of sp³-hybridized carbons (Fsp3) is 0.214. The molecule has 0 atom stereocenters. The number of carboxylic acids is 1. The van der Waals surface area contributed by atoms with Gasteiger partial charge in [-0.3, -0.25) is 4.79 Å². The first-order valence-electron chi connectivity index (χ1n) is 6.05. The molecule has 0 bridgehead atoms. The molecular weight excluding hydrogens is 278 g/mol. The number of aliphatic carboxylic acids is 1. The first-order valence-corrected chi connectivity index (χ1v) is 6.43. The Balaban J connectivity index is 2.26. The summed E-state index contributed by atoms with van der Waals surface area (Å²) in [6.07, 6.45) is 3.28. The molecule has 0 aromatic carbocycles. The van der Waals surface area contributed by atoms with Crippen LogP contribution >= 0.6 is 11.6 Å². The van der Waals surface area contributed by atoms with E-state index in [1.807, 2.05) is 25.1 Å². The molecule has 2 aromatic heterocycles. The number of hydrogen-bond donors (Lipinski definition) is 1. The van der Waals surface area contributed by atoms with Gasteiger partial charge in [-0.05, 0) is 30.2 Å². The minimum absolute atomic E-state index is 0.125. The summed E-state index contributed by atoms with van der Waals surface area (Å²) in [7, 11) is 0. The molecule has 6 heteroatoms. The predicted octanol–water partition coefficient (Wildman–Crippen LogP) is 2.53. The Morgan fingerprint density at radius 1 is 1.35 bits per heavy atom. The van der Waals surface area contributed by atoms with Gasteiger partial charge in [-0.15, -0.1) is 0 Å². The Morgan fingerprint density at radius 2 is 2.15 bits per heavy atom. The smallest absolute Gasteiger partial charge is 0.323 e. The Hall–Kier alpha value is -2.14. The molecule has 0 saturated carbocycles. The van der Waals surface area contributed by atoms with Crippen molar-refractivity contribution in [2.24, 2.45) is 0 Å². The van der Waals surface area contributed by atoms with Crippen molar-refractivity contribution in [3.8, 4) is 0 Å². The fourth-order valence-electron chi connectivity index (χ4n) is 1.90. The van der Waals surface area contributed by atoms with Gasteiger partial charge in [-0.2, -0.15) is 0 Å². The number of rotatable bonds is 5. The largest absolute Gasteiger partial charge is 0.480 e. The van der Waals surface area contributed by atoms with E-state index in [0.717, 1.165) is 11.1 Å². The molecule has 104 valence electrons. The lowest BCUT2D eigenvalue weighted by Crippen LogP contribution is -2.30. The number of aromatic nitrogens is 2. The zero-order valence-corrected chi connectivity index (χ0v) is 11.7. The lowest BCUT2D eigenvalue weighted by molar-refractivity contribution is -0.135. The normalized spacial score (nSPS) is 10.3. The summed E-state index contributed by atoms with van der Waals surface area (Å²) in [5.74, 6) is -0.248. The molecule has 2 rings (SSSR count). The van der Waals surface area contributed by atoms with E-state index in [2.05, 4.69) is 9.97 Å². The molecule has 5 nitrogen and oxygen atoms in total. The van der Waals surface area contributed by atoms with Gasteiger partial charge in [-0.25, -0.2) is 9.97 Å². The van der Waals surface area contributed by atoms with E-state index in [4.69, 9.17) is 16.7 Å². The second-order valence-corrected chi connectivity index (χ2v) is 4.77. The van der Waals surface area contributed by atoms with Crippen molar-refractivity contribution in [1.29, 1.82) is 0 Å². The Labute approximate surface area is 121 Å². The molecule has 0 amide bonds. The van der Waals surface area contributed by atoms with Crippen LogP contribution in [0, 0.1) is 6.92 Å². The lowest BCUT2D eigenvalue weighted by Gasteiger charge is -2.23. The van der Waals surface area contributed by atoms with Gasteiger partial charge in [0.25, 0.3) is 0 Å². The van der Waals surface area contributed by atoms with Crippen molar-refractivity contribution in [2.75, 3.05) is 11.4 Å². The summed E-state index contributed by atoms with van der Waals surface area (Å²) in [6, 6.07) is 7.22. The molecule has 0 aliphatic heterocycles. The monoisotopic (exact) mass is 291 g/mol. The van der Waals surface area contributed by atoms with Crippen LogP contribution in [-0.2, 0) is 11.3 Å². The highest BCUT2D eigenvalue weighted by Gasteiger charge is 2.14. The van der Waals surface area contributed by atoms with Gasteiger partial charge in [-0.1, -0.05) is 23.7 Å². The number of pyridine rings is 2. The quantitative estimate of drug-likeness (QED) is 0.858. The molecule has 2 heterocycles. The number of halogens is 1. The number of aryl methyl sites for hydroxylation is 1. The van der Waals surface area contributed by atoms with Crippen LogP contribution < -0.4 is 4.90 Å². The number of nitrogens with zero attached hydrogens (tertiary/aromatic N) is 3. The second-order valence-electron chi connectivity index (χ2n) is 4.38. The van der Waals surface area contributed by atoms with Crippen LogP contribution in [0.25, 0.3) is 0 Å². The summed E-state index contributed by atoms with van der Waals surface area (Å²) < 4.78 is 0. The molecule has 1 N–H and O–H groups in total. The van der Waals surface area contributed by atoms with Crippen LogP contribution in [0.1, 0.15) is 11.1 Å². The standard InChI is InChI=1S/C14H14ClN3O2/c1-10-3-2-6-16-14(10)18(9-13(19)20)8-11-4-5-12(15)17-7-11/h2-7H,8-9H2,1H3,(H,19,20). The van der Waals surface area contributed by atoms with E-state index in [-0.39, 0.29) is 6.54 Å². The van der Waals surface area contributed by atoms with E-state index in [0.29, 0.717) is 17.5 Å². The van der Waals surface area contributed by atoms with Crippen LogP contribution in [0.3, 0.4) is 0 Å². The van der Waals surface area contributed by atoms with Crippen LogP contribution in [0.5, 0.6) is 0 Å². The maximum atomic E-state index is 11.0. The Kier molecular flexibility index (Phi) is 4.53. The third-order valence-corrected chi connectivity index (χ3v) is 2.99. The van der Waals surface area contributed by atoms with Gasteiger partial charge < -0.3 is 10.0 Å². The number of carboxylic acid groups (broad SMARTS) is 1. The summed E-state index contributed by atoms with van der Waals surface area (Å²) in [5.41, 5.74) is 1.80. The Morgan fingerprint density at radius 3 is 2.75 bits per heavy atom. The summed E-state index contributed by atoms with van der Waals surface area (Å²) in [6.45, 7) is 2.19. The van der Waals surface area contributed by atoms with Gasteiger partial charge in [0.1, 0.15) is 17.5 Å². The molecule has 0 aliphatic rings. The molecule has 2 aromatic rings. The highest BCUT2D eigenvalue weighted by atomic mass is 35.5. The molecule has 20 heavy (non-hydrogen) atoms. The minimum Gasteiger partial charge on any atom is -0.480 e. The second kappa shape index (κ2) is 6.34. The molecular formula is C14H14ClN3O2. The van der Waals surface area contributed by atoms with Crippen LogP contribution in [0.2, 0.25) is 5.15 Å². The van der Waals surface area contributed by atoms with Gasteiger partial charge in [0.05, 0.1) is 0 Å². The van der Waals surface area contributed by atoms with Gasteiger partial charge in [0.15, 0.2) is 0 Å². The molecule has 0 aliphatic carbocycles. The molecule has 0 radical (unpaired) electrons. The lowest BCUT2D eigenvalue weighted by atomic mass is 10.2. The van der Waals surface area contributed by atoms with Gasteiger partial charge in [0, 0.05) is 18.9 Å². The first kappa shape index (κ1) is 14.3. The van der Waals surface area contributed by atoms with Crippen molar-refractivity contribution >= 4 is 23.4 Å². The van der Waals surface area contributed by atoms with Gasteiger partial charge in [0.2, 0.25) is 0 Å². The zero-order valence-electron chi connectivity index (χ0n) is 11.0. The van der Waals surface area contributed by atoms with Gasteiger partial charge >= 0.3 is 5.97 Å². The van der Waals surface area contributed by atoms with Crippen LogP contribution in [0.15, 0.2) is 36.7 Å². The molecule has 0 unspecified atom stereocenters. The average molecular weight is 292 g/mol. The molecule has 0 spiro atoms. The van der Waals surface area contributed by atoms with Crippen molar-refractivity contribution < 1.29 is 9.90 Å². The number of anilines is 1. The third-order valence-electron chi connectivity index (χ3n) is 2.77. The minimum atomic E-state index is -0.906. The predicted molar refractivity (Wildman–Crippen MR) is 76.9 cm³/mol.